The number of aromatic nitrogens is 4. The molecule has 1 N–H and O–H groups in total. The Balaban J connectivity index is 1.69. The van der Waals surface area contributed by atoms with Crippen LogP contribution in [0.15, 0.2) is 29.0 Å². The molecule has 0 unspecified atom stereocenters. The number of hydrogen-bond acceptors (Lipinski definition) is 6. The van der Waals surface area contributed by atoms with E-state index in [1.807, 2.05) is 19.9 Å². The van der Waals surface area contributed by atoms with E-state index >= 15 is 0 Å². The summed E-state index contributed by atoms with van der Waals surface area (Å²) >= 11 is 0. The number of amides is 1. The molecular weight excluding hydrogens is 310 g/mol. The van der Waals surface area contributed by atoms with Crippen LogP contribution in [-0.4, -0.2) is 44.6 Å². The first-order valence-corrected chi connectivity index (χ1v) is 7.71. The summed E-state index contributed by atoms with van der Waals surface area (Å²) < 4.78 is 10.6. The first-order valence-electron chi connectivity index (χ1n) is 7.71. The van der Waals surface area contributed by atoms with Gasteiger partial charge in [0.15, 0.2) is 5.82 Å². The summed E-state index contributed by atoms with van der Waals surface area (Å²) in [7, 11) is 1.69. The predicted molar refractivity (Wildman–Crippen MR) is 86.2 cm³/mol. The number of fused-ring (bicyclic) bond motifs is 1. The third-order valence-electron chi connectivity index (χ3n) is 3.65. The molecule has 0 aliphatic carbocycles. The Kier molecular flexibility index (Phi) is 4.57. The van der Waals surface area contributed by atoms with Crippen molar-refractivity contribution in [3.05, 3.63) is 41.8 Å². The Bertz CT molecular complexity index is 841. The Hall–Kier alpha value is -2.74. The van der Waals surface area contributed by atoms with Crippen LogP contribution >= 0.6 is 0 Å². The molecule has 1 atom stereocenters. The van der Waals surface area contributed by atoms with E-state index in [4.69, 9.17) is 9.26 Å². The van der Waals surface area contributed by atoms with E-state index in [-0.39, 0.29) is 18.6 Å². The number of benzene rings is 1. The second-order valence-electron chi connectivity index (χ2n) is 5.44. The van der Waals surface area contributed by atoms with Gasteiger partial charge >= 0.3 is 0 Å². The minimum atomic E-state index is -0.240. The number of carbonyl (C=O) groups excluding carboxylic acids is 1. The summed E-state index contributed by atoms with van der Waals surface area (Å²) in [6, 6.07) is 5.33. The number of carbonyl (C=O) groups is 1. The van der Waals surface area contributed by atoms with Crippen LogP contribution in [-0.2, 0) is 11.3 Å². The third kappa shape index (κ3) is 3.28. The van der Waals surface area contributed by atoms with Gasteiger partial charge in [-0.15, -0.1) is 0 Å². The van der Waals surface area contributed by atoms with Crippen LogP contribution < -0.4 is 0 Å². The molecule has 1 amide bonds. The number of ether oxygens (including phenoxy) is 1. The largest absolute Gasteiger partial charge is 0.371 e. The highest BCUT2D eigenvalue weighted by atomic mass is 16.5. The molecular formula is C16H19N5O3. The number of hydrogen-bond donors (Lipinski definition) is 1. The second kappa shape index (κ2) is 6.79. The van der Waals surface area contributed by atoms with Gasteiger partial charge in [0.05, 0.1) is 23.9 Å². The van der Waals surface area contributed by atoms with Crippen LogP contribution in [0.1, 0.15) is 42.0 Å². The maximum absolute atomic E-state index is 12.5. The highest BCUT2D eigenvalue weighted by Crippen LogP contribution is 2.16. The zero-order chi connectivity index (χ0) is 17.1. The molecule has 0 radical (unpaired) electrons. The zero-order valence-corrected chi connectivity index (χ0v) is 13.8. The minimum Gasteiger partial charge on any atom is -0.371 e. The predicted octanol–water partition coefficient (Wildman–Crippen LogP) is 2.32. The maximum atomic E-state index is 12.5. The second-order valence-corrected chi connectivity index (χ2v) is 5.44. The van der Waals surface area contributed by atoms with Gasteiger partial charge < -0.3 is 19.1 Å². The Morgan fingerprint density at radius 3 is 3.08 bits per heavy atom. The highest BCUT2D eigenvalue weighted by Gasteiger charge is 2.18. The number of rotatable bonds is 6. The fourth-order valence-electron chi connectivity index (χ4n) is 2.39. The lowest BCUT2D eigenvalue weighted by atomic mass is 10.2. The van der Waals surface area contributed by atoms with Gasteiger partial charge in [-0.25, -0.2) is 4.98 Å². The van der Waals surface area contributed by atoms with E-state index in [1.165, 1.54) is 4.90 Å². The molecule has 0 aliphatic heterocycles. The van der Waals surface area contributed by atoms with E-state index in [0.717, 1.165) is 11.0 Å². The van der Waals surface area contributed by atoms with Crippen molar-refractivity contribution in [2.24, 2.45) is 0 Å². The Morgan fingerprint density at radius 2 is 2.29 bits per heavy atom. The molecule has 2 aromatic heterocycles. The van der Waals surface area contributed by atoms with Crippen molar-refractivity contribution in [2.45, 2.75) is 26.5 Å². The maximum Gasteiger partial charge on any atom is 0.254 e. The summed E-state index contributed by atoms with van der Waals surface area (Å²) in [5, 5.41) is 3.89. The molecule has 3 rings (SSSR count). The van der Waals surface area contributed by atoms with Crippen LogP contribution in [0.3, 0.4) is 0 Å². The van der Waals surface area contributed by atoms with Gasteiger partial charge in [0.25, 0.3) is 5.91 Å². The summed E-state index contributed by atoms with van der Waals surface area (Å²) in [5.41, 5.74) is 2.21. The van der Waals surface area contributed by atoms with Crippen molar-refractivity contribution in [3.8, 4) is 0 Å². The smallest absolute Gasteiger partial charge is 0.254 e. The first-order chi connectivity index (χ1) is 11.6. The average Bonchev–Trinajstić information content (AvgIpc) is 3.22. The molecule has 8 nitrogen and oxygen atoms in total. The van der Waals surface area contributed by atoms with Crippen molar-refractivity contribution in [3.63, 3.8) is 0 Å². The monoisotopic (exact) mass is 329 g/mol. The van der Waals surface area contributed by atoms with Crippen LogP contribution in [0, 0.1) is 0 Å². The molecule has 126 valence electrons. The van der Waals surface area contributed by atoms with Gasteiger partial charge in [-0.3, -0.25) is 4.79 Å². The zero-order valence-electron chi connectivity index (χ0n) is 13.8. The minimum absolute atomic E-state index is 0.135. The molecule has 1 aromatic carbocycles. The molecule has 3 aromatic rings. The molecule has 8 heteroatoms. The van der Waals surface area contributed by atoms with Gasteiger partial charge in [-0.1, -0.05) is 5.16 Å². The lowest BCUT2D eigenvalue weighted by Gasteiger charge is -2.14. The van der Waals surface area contributed by atoms with E-state index in [2.05, 4.69) is 20.1 Å². The number of imidazole rings is 1. The van der Waals surface area contributed by atoms with E-state index in [0.29, 0.717) is 23.9 Å². The Morgan fingerprint density at radius 1 is 1.46 bits per heavy atom. The fraction of sp³-hybridized carbons (Fsp3) is 0.375. The lowest BCUT2D eigenvalue weighted by Crippen LogP contribution is -2.26. The lowest BCUT2D eigenvalue weighted by molar-refractivity contribution is 0.0682. The van der Waals surface area contributed by atoms with Crippen molar-refractivity contribution >= 4 is 16.9 Å². The molecule has 0 aliphatic rings. The standard InChI is InChI=1S/C16H19N5O3/c1-4-23-10(2)15-19-14(24-20-15)8-21(3)16(22)11-5-6-12-13(7-11)18-9-17-12/h5-7,9-10H,4,8H2,1-3H3,(H,17,18)/t10-/m1/s1. The van der Waals surface area contributed by atoms with Gasteiger partial charge in [-0.2, -0.15) is 4.98 Å². The van der Waals surface area contributed by atoms with Crippen molar-refractivity contribution < 1.29 is 14.1 Å². The summed E-state index contributed by atoms with van der Waals surface area (Å²) in [6.07, 6.45) is 1.36. The van der Waals surface area contributed by atoms with Gasteiger partial charge in [0.2, 0.25) is 5.89 Å². The highest BCUT2D eigenvalue weighted by molar-refractivity contribution is 5.97. The molecule has 0 bridgehead atoms. The molecule has 0 saturated carbocycles. The average molecular weight is 329 g/mol. The van der Waals surface area contributed by atoms with Crippen molar-refractivity contribution in [2.75, 3.05) is 13.7 Å². The van der Waals surface area contributed by atoms with E-state index in [1.54, 1.807) is 25.5 Å². The van der Waals surface area contributed by atoms with Gasteiger partial charge in [0, 0.05) is 19.2 Å². The first kappa shape index (κ1) is 16.1. The number of H-pyrrole nitrogens is 1. The van der Waals surface area contributed by atoms with Crippen LogP contribution in [0.2, 0.25) is 0 Å². The number of nitrogens with one attached hydrogen (secondary N) is 1. The van der Waals surface area contributed by atoms with Crippen LogP contribution in [0.5, 0.6) is 0 Å². The number of aromatic amines is 1. The molecule has 0 saturated heterocycles. The fourth-order valence-corrected chi connectivity index (χ4v) is 2.39. The molecule has 24 heavy (non-hydrogen) atoms. The molecule has 2 heterocycles. The van der Waals surface area contributed by atoms with E-state index in [9.17, 15) is 4.79 Å². The Labute approximate surface area is 138 Å². The summed E-state index contributed by atoms with van der Waals surface area (Å²) in [5.74, 6) is 0.714. The van der Waals surface area contributed by atoms with Gasteiger partial charge in [0.1, 0.15) is 6.10 Å². The summed E-state index contributed by atoms with van der Waals surface area (Å²) in [4.78, 5) is 25.5. The third-order valence-corrected chi connectivity index (χ3v) is 3.65. The SMILES string of the molecule is CCO[C@H](C)c1noc(CN(C)C(=O)c2ccc3nc[nH]c3c2)n1. The molecule has 0 fully saturated rings. The van der Waals surface area contributed by atoms with Gasteiger partial charge in [-0.05, 0) is 32.0 Å². The van der Waals surface area contributed by atoms with Crippen molar-refractivity contribution in [1.29, 1.82) is 0 Å². The normalized spacial score (nSPS) is 12.5. The van der Waals surface area contributed by atoms with E-state index < -0.39 is 0 Å². The topological polar surface area (TPSA) is 97.1 Å². The van der Waals surface area contributed by atoms with Crippen LogP contribution in [0.25, 0.3) is 11.0 Å². The van der Waals surface area contributed by atoms with Crippen molar-refractivity contribution in [1.82, 2.24) is 25.0 Å². The van der Waals surface area contributed by atoms with Crippen LogP contribution in [0.4, 0.5) is 0 Å². The summed E-state index contributed by atoms with van der Waals surface area (Å²) in [6.45, 7) is 4.55. The number of nitrogens with zero attached hydrogens (tertiary/aromatic N) is 4. The quantitative estimate of drug-likeness (QED) is 0.745. The molecule has 0 spiro atoms.